The fraction of sp³-hybridized carbons (Fsp3) is 0.385. The van der Waals surface area contributed by atoms with E-state index in [4.69, 9.17) is 5.73 Å². The van der Waals surface area contributed by atoms with Crippen LogP contribution in [0.2, 0.25) is 0 Å². The number of nitrogens with one attached hydrogen (secondary N) is 2. The van der Waals surface area contributed by atoms with E-state index in [-0.39, 0.29) is 24.3 Å². The number of aryl methyl sites for hydroxylation is 1. The van der Waals surface area contributed by atoms with Gasteiger partial charge in [0, 0.05) is 30.8 Å². The number of anilines is 2. The molecule has 4 N–H and O–H groups in total. The van der Waals surface area contributed by atoms with E-state index in [1.54, 1.807) is 19.1 Å². The van der Waals surface area contributed by atoms with Crippen molar-refractivity contribution < 1.29 is 9.59 Å². The first-order valence-electron chi connectivity index (χ1n) is 5.82. The number of carbonyl (C=O) groups excluding carboxylic acids is 2. The van der Waals surface area contributed by atoms with Gasteiger partial charge in [0.05, 0.1) is 0 Å². The largest absolute Gasteiger partial charge is 0.327 e. The number of carbonyl (C=O) groups is 2. The molecule has 0 spiro atoms. The lowest BCUT2D eigenvalue weighted by Crippen LogP contribution is -2.24. The second kappa shape index (κ2) is 6.16. The molecule has 2 amide bonds. The lowest BCUT2D eigenvalue weighted by atomic mass is 10.1. The van der Waals surface area contributed by atoms with Crippen molar-refractivity contribution in [3.05, 3.63) is 23.8 Å². The fourth-order valence-corrected chi connectivity index (χ4v) is 1.53. The summed E-state index contributed by atoms with van der Waals surface area (Å²) in [6.07, 6.45) is 0.268. The highest BCUT2D eigenvalue weighted by Gasteiger charge is 2.08. The zero-order valence-corrected chi connectivity index (χ0v) is 10.9. The van der Waals surface area contributed by atoms with E-state index in [1.165, 1.54) is 6.92 Å². The zero-order chi connectivity index (χ0) is 13.7. The third-order valence-electron chi connectivity index (χ3n) is 2.34. The molecule has 0 aromatic heterocycles. The maximum atomic E-state index is 11.6. The van der Waals surface area contributed by atoms with Crippen molar-refractivity contribution in [3.8, 4) is 0 Å². The average molecular weight is 249 g/mol. The number of hydrogen-bond acceptors (Lipinski definition) is 3. The van der Waals surface area contributed by atoms with Crippen LogP contribution in [0, 0.1) is 6.92 Å². The van der Waals surface area contributed by atoms with Gasteiger partial charge in [0.1, 0.15) is 0 Å². The van der Waals surface area contributed by atoms with E-state index in [2.05, 4.69) is 10.6 Å². The van der Waals surface area contributed by atoms with Crippen molar-refractivity contribution in [2.45, 2.75) is 33.2 Å². The molecule has 0 heterocycles. The van der Waals surface area contributed by atoms with Crippen molar-refractivity contribution in [1.82, 2.24) is 0 Å². The first-order chi connectivity index (χ1) is 8.38. The van der Waals surface area contributed by atoms with Crippen LogP contribution in [-0.4, -0.2) is 17.9 Å². The molecule has 1 aromatic rings. The Morgan fingerprint density at radius 2 is 2.00 bits per heavy atom. The second-order valence-corrected chi connectivity index (χ2v) is 4.44. The summed E-state index contributed by atoms with van der Waals surface area (Å²) in [7, 11) is 0. The molecular formula is C13H19N3O2. The highest BCUT2D eigenvalue weighted by Crippen LogP contribution is 2.20. The van der Waals surface area contributed by atoms with Crippen LogP contribution in [0.1, 0.15) is 25.8 Å². The van der Waals surface area contributed by atoms with Gasteiger partial charge < -0.3 is 16.4 Å². The third kappa shape index (κ3) is 4.55. The lowest BCUT2D eigenvalue weighted by Gasteiger charge is -2.11. The van der Waals surface area contributed by atoms with Crippen LogP contribution >= 0.6 is 0 Å². The second-order valence-electron chi connectivity index (χ2n) is 4.44. The quantitative estimate of drug-likeness (QED) is 0.758. The van der Waals surface area contributed by atoms with Crippen molar-refractivity contribution in [2.24, 2.45) is 5.73 Å². The van der Waals surface area contributed by atoms with Gasteiger partial charge in [0.2, 0.25) is 11.8 Å². The molecular weight excluding hydrogens is 230 g/mol. The summed E-state index contributed by atoms with van der Waals surface area (Å²) in [5.74, 6) is -0.278. The van der Waals surface area contributed by atoms with E-state index in [1.807, 2.05) is 13.0 Å². The molecule has 0 radical (unpaired) electrons. The van der Waals surface area contributed by atoms with Gasteiger partial charge in [-0.25, -0.2) is 0 Å². The summed E-state index contributed by atoms with van der Waals surface area (Å²) in [5.41, 5.74) is 7.84. The van der Waals surface area contributed by atoms with Crippen LogP contribution in [-0.2, 0) is 9.59 Å². The minimum atomic E-state index is -0.177. The van der Waals surface area contributed by atoms with Crippen molar-refractivity contribution in [1.29, 1.82) is 0 Å². The number of rotatable bonds is 4. The Bertz CT molecular complexity index is 456. The number of amides is 2. The first-order valence-corrected chi connectivity index (χ1v) is 5.82. The Labute approximate surface area is 107 Å². The van der Waals surface area contributed by atoms with Gasteiger partial charge in [-0.2, -0.15) is 0 Å². The van der Waals surface area contributed by atoms with Crippen LogP contribution in [0.4, 0.5) is 11.4 Å². The Morgan fingerprint density at radius 3 is 2.56 bits per heavy atom. The molecule has 98 valence electrons. The topological polar surface area (TPSA) is 84.2 Å². The van der Waals surface area contributed by atoms with Gasteiger partial charge in [-0.3, -0.25) is 9.59 Å². The Kier molecular flexibility index (Phi) is 4.85. The standard InChI is InChI=1S/C13H19N3O2/c1-8-4-5-11(15-10(3)17)7-12(8)16-13(18)6-9(2)14/h4-5,7,9H,6,14H2,1-3H3,(H,15,17)(H,16,18). The summed E-state index contributed by atoms with van der Waals surface area (Å²) >= 11 is 0. The Morgan fingerprint density at radius 1 is 1.33 bits per heavy atom. The Balaban J connectivity index is 2.80. The molecule has 1 aromatic carbocycles. The highest BCUT2D eigenvalue weighted by atomic mass is 16.2. The van der Waals surface area contributed by atoms with Gasteiger partial charge >= 0.3 is 0 Å². The molecule has 1 unspecified atom stereocenters. The summed E-state index contributed by atoms with van der Waals surface area (Å²) in [6, 6.07) is 5.18. The number of nitrogens with two attached hydrogens (primary N) is 1. The smallest absolute Gasteiger partial charge is 0.225 e. The van der Waals surface area contributed by atoms with Crippen LogP contribution in [0.5, 0.6) is 0 Å². The van der Waals surface area contributed by atoms with Crippen LogP contribution in [0.15, 0.2) is 18.2 Å². The molecule has 18 heavy (non-hydrogen) atoms. The van der Waals surface area contributed by atoms with Crippen LogP contribution in [0.3, 0.4) is 0 Å². The summed E-state index contributed by atoms with van der Waals surface area (Å²) in [5, 5.41) is 5.46. The maximum absolute atomic E-state index is 11.6. The van der Waals surface area contributed by atoms with E-state index < -0.39 is 0 Å². The van der Waals surface area contributed by atoms with Crippen molar-refractivity contribution >= 4 is 23.2 Å². The lowest BCUT2D eigenvalue weighted by molar-refractivity contribution is -0.116. The number of benzene rings is 1. The number of hydrogen-bond donors (Lipinski definition) is 3. The molecule has 0 saturated carbocycles. The molecule has 0 aliphatic carbocycles. The van der Waals surface area contributed by atoms with Crippen LogP contribution < -0.4 is 16.4 Å². The Hall–Kier alpha value is -1.88. The predicted octanol–water partition coefficient (Wildman–Crippen LogP) is 1.63. The molecule has 0 bridgehead atoms. The summed E-state index contributed by atoms with van der Waals surface area (Å²) in [6.45, 7) is 5.10. The minimum absolute atomic E-state index is 0.131. The van der Waals surface area contributed by atoms with Crippen molar-refractivity contribution in [3.63, 3.8) is 0 Å². The normalized spacial score (nSPS) is 11.8. The predicted molar refractivity (Wildman–Crippen MR) is 72.4 cm³/mol. The van der Waals surface area contributed by atoms with Gasteiger partial charge in [-0.05, 0) is 31.5 Å². The van der Waals surface area contributed by atoms with Crippen LogP contribution in [0.25, 0.3) is 0 Å². The van der Waals surface area contributed by atoms with Gasteiger partial charge in [-0.1, -0.05) is 6.07 Å². The summed E-state index contributed by atoms with van der Waals surface area (Å²) in [4.78, 5) is 22.6. The molecule has 0 fully saturated rings. The van der Waals surface area contributed by atoms with Gasteiger partial charge in [-0.15, -0.1) is 0 Å². The molecule has 5 heteroatoms. The monoisotopic (exact) mass is 249 g/mol. The SMILES string of the molecule is CC(=O)Nc1ccc(C)c(NC(=O)CC(C)N)c1. The zero-order valence-electron chi connectivity index (χ0n) is 10.9. The average Bonchev–Trinajstić information content (AvgIpc) is 2.21. The highest BCUT2D eigenvalue weighted by molar-refractivity contribution is 5.94. The van der Waals surface area contributed by atoms with E-state index >= 15 is 0 Å². The molecule has 1 atom stereocenters. The van der Waals surface area contributed by atoms with E-state index in [9.17, 15) is 9.59 Å². The van der Waals surface area contributed by atoms with E-state index in [0.29, 0.717) is 11.4 Å². The summed E-state index contributed by atoms with van der Waals surface area (Å²) < 4.78 is 0. The minimum Gasteiger partial charge on any atom is -0.327 e. The van der Waals surface area contributed by atoms with Gasteiger partial charge in [0.15, 0.2) is 0 Å². The van der Waals surface area contributed by atoms with Crippen molar-refractivity contribution in [2.75, 3.05) is 10.6 Å². The molecule has 0 aliphatic rings. The molecule has 1 rings (SSSR count). The first kappa shape index (κ1) is 14.2. The molecule has 5 nitrogen and oxygen atoms in total. The fourth-order valence-electron chi connectivity index (χ4n) is 1.53. The van der Waals surface area contributed by atoms with E-state index in [0.717, 1.165) is 5.56 Å². The third-order valence-corrected chi connectivity index (χ3v) is 2.34. The van der Waals surface area contributed by atoms with Gasteiger partial charge in [0.25, 0.3) is 0 Å². The molecule has 0 aliphatic heterocycles. The molecule has 0 saturated heterocycles. The maximum Gasteiger partial charge on any atom is 0.225 e.